The Bertz CT molecular complexity index is 428. The lowest BCUT2D eigenvalue weighted by Gasteiger charge is -2.41. The Kier molecular flexibility index (Phi) is 4.05. The first-order valence-electron chi connectivity index (χ1n) is 6.10. The van der Waals surface area contributed by atoms with Gasteiger partial charge in [0.05, 0.1) is 19.8 Å². The van der Waals surface area contributed by atoms with Crippen molar-refractivity contribution in [2.45, 2.75) is 19.4 Å². The number of halogens is 1. The summed E-state index contributed by atoms with van der Waals surface area (Å²) in [5, 5.41) is 0.651. The number of carbonyl (C=O) groups is 1. The van der Waals surface area contributed by atoms with E-state index in [1.807, 2.05) is 0 Å². The van der Waals surface area contributed by atoms with E-state index in [2.05, 4.69) is 18.7 Å². The van der Waals surface area contributed by atoms with Gasteiger partial charge < -0.3 is 4.74 Å². The van der Waals surface area contributed by atoms with Crippen molar-refractivity contribution >= 4 is 17.4 Å². The van der Waals surface area contributed by atoms with Crippen LogP contribution < -0.4 is 0 Å². The molecule has 1 fully saturated rings. The van der Waals surface area contributed by atoms with Gasteiger partial charge in [-0.15, -0.1) is 0 Å². The number of rotatable bonds is 3. The topological polar surface area (TPSA) is 29.5 Å². The first-order chi connectivity index (χ1) is 8.49. The number of hydrogen-bond donors (Lipinski definition) is 0. The van der Waals surface area contributed by atoms with Crippen molar-refractivity contribution < 1.29 is 9.53 Å². The molecule has 0 aromatic heterocycles. The van der Waals surface area contributed by atoms with Crippen molar-refractivity contribution in [2.24, 2.45) is 0 Å². The predicted molar refractivity (Wildman–Crippen MR) is 72.3 cm³/mol. The summed E-state index contributed by atoms with van der Waals surface area (Å²) in [5.41, 5.74) is 0.627. The van der Waals surface area contributed by atoms with E-state index >= 15 is 0 Å². The lowest BCUT2D eigenvalue weighted by atomic mass is 10.0. The van der Waals surface area contributed by atoms with Gasteiger partial charge in [0, 0.05) is 22.7 Å². The molecule has 1 saturated heterocycles. The first kappa shape index (κ1) is 13.5. The quantitative estimate of drug-likeness (QED) is 0.789. The molecule has 4 heteroatoms. The highest BCUT2D eigenvalue weighted by Crippen LogP contribution is 2.19. The van der Waals surface area contributed by atoms with Crippen LogP contribution in [0.1, 0.15) is 24.2 Å². The number of Topliss-reactive ketones (excluding diaryl/α,β-unsaturated/α-hetero) is 1. The van der Waals surface area contributed by atoms with Gasteiger partial charge in [-0.05, 0) is 38.1 Å². The molecule has 0 unspecified atom stereocenters. The van der Waals surface area contributed by atoms with Crippen LogP contribution in [0.2, 0.25) is 5.02 Å². The smallest absolute Gasteiger partial charge is 0.176 e. The molecule has 98 valence electrons. The molecule has 0 bridgehead atoms. The summed E-state index contributed by atoms with van der Waals surface area (Å²) in [5.74, 6) is 0.127. The monoisotopic (exact) mass is 267 g/mol. The molecule has 1 heterocycles. The second-order valence-corrected chi connectivity index (χ2v) is 5.65. The Labute approximate surface area is 113 Å². The number of morpholine rings is 1. The second kappa shape index (κ2) is 5.39. The van der Waals surface area contributed by atoms with E-state index in [0.29, 0.717) is 30.3 Å². The van der Waals surface area contributed by atoms with E-state index < -0.39 is 0 Å². The first-order valence-corrected chi connectivity index (χ1v) is 6.48. The third-order valence-electron chi connectivity index (χ3n) is 3.32. The summed E-state index contributed by atoms with van der Waals surface area (Å²) < 4.78 is 5.45. The fraction of sp³-hybridized carbons (Fsp3) is 0.500. The Morgan fingerprint density at radius 1 is 1.39 bits per heavy atom. The third kappa shape index (κ3) is 3.10. The molecule has 18 heavy (non-hydrogen) atoms. The molecular formula is C14H18ClNO2. The van der Waals surface area contributed by atoms with Gasteiger partial charge in [0.2, 0.25) is 0 Å². The standard InChI is InChI=1S/C14H18ClNO2/c1-14(2)10-18-8-7-16(14)9-13(17)11-3-5-12(15)6-4-11/h3-6H,7-10H2,1-2H3. The van der Waals surface area contributed by atoms with Crippen molar-refractivity contribution in [3.8, 4) is 0 Å². The van der Waals surface area contributed by atoms with Crippen LogP contribution in [0.25, 0.3) is 0 Å². The Balaban J connectivity index is 2.04. The summed E-state index contributed by atoms with van der Waals surface area (Å²) in [7, 11) is 0. The predicted octanol–water partition coefficient (Wildman–Crippen LogP) is 2.63. The Hall–Kier alpha value is -0.900. The number of ether oxygens (including phenoxy) is 1. The minimum atomic E-state index is -0.0830. The Morgan fingerprint density at radius 3 is 2.67 bits per heavy atom. The lowest BCUT2D eigenvalue weighted by Crippen LogP contribution is -2.54. The molecule has 0 saturated carbocycles. The van der Waals surface area contributed by atoms with Crippen LogP contribution in [0.3, 0.4) is 0 Å². The number of hydrogen-bond acceptors (Lipinski definition) is 3. The summed E-state index contributed by atoms with van der Waals surface area (Å²) >= 11 is 5.82. The van der Waals surface area contributed by atoms with Gasteiger partial charge in [0.1, 0.15) is 0 Å². The zero-order valence-corrected chi connectivity index (χ0v) is 11.5. The van der Waals surface area contributed by atoms with Gasteiger partial charge in [-0.3, -0.25) is 9.69 Å². The minimum Gasteiger partial charge on any atom is -0.378 e. The van der Waals surface area contributed by atoms with Crippen molar-refractivity contribution in [3.05, 3.63) is 34.9 Å². The third-order valence-corrected chi connectivity index (χ3v) is 3.57. The fourth-order valence-corrected chi connectivity index (χ4v) is 2.21. The number of nitrogens with zero attached hydrogens (tertiary/aromatic N) is 1. The molecule has 0 aliphatic carbocycles. The molecule has 3 nitrogen and oxygen atoms in total. The minimum absolute atomic E-state index is 0.0830. The summed E-state index contributed by atoms with van der Waals surface area (Å²) in [4.78, 5) is 14.4. The number of carbonyl (C=O) groups excluding carboxylic acids is 1. The highest BCUT2D eigenvalue weighted by molar-refractivity contribution is 6.30. The fourth-order valence-electron chi connectivity index (χ4n) is 2.08. The number of ketones is 1. The molecule has 1 aromatic carbocycles. The van der Waals surface area contributed by atoms with Crippen LogP contribution in [0.15, 0.2) is 24.3 Å². The van der Waals surface area contributed by atoms with Gasteiger partial charge in [-0.2, -0.15) is 0 Å². The zero-order valence-electron chi connectivity index (χ0n) is 10.8. The summed E-state index contributed by atoms with van der Waals surface area (Å²) in [6.07, 6.45) is 0. The van der Waals surface area contributed by atoms with Gasteiger partial charge in [0.25, 0.3) is 0 Å². The molecule has 1 aromatic rings. The van der Waals surface area contributed by atoms with Crippen LogP contribution in [0.4, 0.5) is 0 Å². The van der Waals surface area contributed by atoms with Crippen LogP contribution in [-0.4, -0.2) is 42.5 Å². The van der Waals surface area contributed by atoms with Crippen LogP contribution >= 0.6 is 11.6 Å². The lowest BCUT2D eigenvalue weighted by molar-refractivity contribution is -0.0467. The molecule has 2 rings (SSSR count). The molecule has 0 amide bonds. The SMILES string of the molecule is CC1(C)COCCN1CC(=O)c1ccc(Cl)cc1. The van der Waals surface area contributed by atoms with Crippen molar-refractivity contribution in [1.82, 2.24) is 4.90 Å². The van der Waals surface area contributed by atoms with Gasteiger partial charge >= 0.3 is 0 Å². The van der Waals surface area contributed by atoms with E-state index in [9.17, 15) is 4.79 Å². The summed E-state index contributed by atoms with van der Waals surface area (Å²) in [6, 6.07) is 7.05. The number of benzene rings is 1. The van der Waals surface area contributed by atoms with E-state index in [4.69, 9.17) is 16.3 Å². The van der Waals surface area contributed by atoms with E-state index in [-0.39, 0.29) is 11.3 Å². The second-order valence-electron chi connectivity index (χ2n) is 5.22. The maximum Gasteiger partial charge on any atom is 0.176 e. The highest BCUT2D eigenvalue weighted by Gasteiger charge is 2.31. The largest absolute Gasteiger partial charge is 0.378 e. The molecule has 1 aliphatic heterocycles. The zero-order chi connectivity index (χ0) is 13.2. The Morgan fingerprint density at radius 2 is 2.06 bits per heavy atom. The highest BCUT2D eigenvalue weighted by atomic mass is 35.5. The molecule has 1 aliphatic rings. The molecule has 0 spiro atoms. The van der Waals surface area contributed by atoms with Crippen molar-refractivity contribution in [1.29, 1.82) is 0 Å². The average molecular weight is 268 g/mol. The summed E-state index contributed by atoms with van der Waals surface area (Å²) in [6.45, 7) is 6.78. The van der Waals surface area contributed by atoms with Gasteiger partial charge in [-0.1, -0.05) is 11.6 Å². The van der Waals surface area contributed by atoms with Crippen LogP contribution in [-0.2, 0) is 4.74 Å². The maximum absolute atomic E-state index is 12.2. The van der Waals surface area contributed by atoms with E-state index in [1.54, 1.807) is 24.3 Å². The van der Waals surface area contributed by atoms with Gasteiger partial charge in [0.15, 0.2) is 5.78 Å². The van der Waals surface area contributed by atoms with E-state index in [1.165, 1.54) is 0 Å². The van der Waals surface area contributed by atoms with E-state index in [0.717, 1.165) is 6.54 Å². The normalized spacial score (nSPS) is 19.7. The maximum atomic E-state index is 12.2. The van der Waals surface area contributed by atoms with Gasteiger partial charge in [-0.25, -0.2) is 0 Å². The van der Waals surface area contributed by atoms with Crippen LogP contribution in [0, 0.1) is 0 Å². The molecule has 0 radical (unpaired) electrons. The van der Waals surface area contributed by atoms with Crippen molar-refractivity contribution in [2.75, 3.05) is 26.3 Å². The van der Waals surface area contributed by atoms with Crippen LogP contribution in [0.5, 0.6) is 0 Å². The average Bonchev–Trinajstić information content (AvgIpc) is 2.32. The molecular weight excluding hydrogens is 250 g/mol. The molecule has 0 atom stereocenters. The van der Waals surface area contributed by atoms with Crippen molar-refractivity contribution in [3.63, 3.8) is 0 Å². The molecule has 0 N–H and O–H groups in total.